The molecule has 0 radical (unpaired) electrons. The van der Waals surface area contributed by atoms with E-state index in [1.54, 1.807) is 10.9 Å². The van der Waals surface area contributed by atoms with Crippen LogP contribution < -0.4 is 10.6 Å². The number of fused-ring (bicyclic) bond motifs is 1. The number of aromatic nitrogens is 6. The van der Waals surface area contributed by atoms with Crippen LogP contribution in [0.3, 0.4) is 0 Å². The molecule has 0 bridgehead atoms. The van der Waals surface area contributed by atoms with E-state index in [1.165, 1.54) is 0 Å². The average molecular weight is 558 g/mol. The van der Waals surface area contributed by atoms with Crippen molar-refractivity contribution in [1.82, 2.24) is 40.1 Å². The number of hydrogen-bond acceptors (Lipinski definition) is 10. The number of anilines is 2. The van der Waals surface area contributed by atoms with Crippen molar-refractivity contribution in [3.05, 3.63) is 65.2 Å². The van der Waals surface area contributed by atoms with Crippen molar-refractivity contribution in [2.45, 2.75) is 58.2 Å². The Morgan fingerprint density at radius 1 is 1.15 bits per heavy atom. The second kappa shape index (κ2) is 10.7. The van der Waals surface area contributed by atoms with Crippen molar-refractivity contribution in [1.29, 1.82) is 0 Å². The normalized spacial score (nSPS) is 17.9. The van der Waals surface area contributed by atoms with Crippen LogP contribution in [0.4, 0.5) is 11.6 Å². The van der Waals surface area contributed by atoms with E-state index in [0.717, 1.165) is 66.5 Å². The summed E-state index contributed by atoms with van der Waals surface area (Å²) in [7, 11) is 1.88. The molecule has 1 aromatic carbocycles. The number of nitrogens with one attached hydrogen (secondary N) is 2. The molecule has 2 N–H and O–H groups in total. The molecule has 4 aromatic rings. The topological polar surface area (TPSA) is 136 Å². The molecule has 214 valence electrons. The van der Waals surface area contributed by atoms with Crippen molar-refractivity contribution in [3.63, 3.8) is 0 Å². The SMILES string of the molecule is Cc1nn(C)cc1Nc1nccc(-c2ccc3c(c2)CN(C2COC2)CC[C@@H]3NC(=O)c2noc(C(C)(C)C)n2)n1. The summed E-state index contributed by atoms with van der Waals surface area (Å²) in [5.41, 5.74) is 5.38. The van der Waals surface area contributed by atoms with Crippen LogP contribution in [0.5, 0.6) is 0 Å². The molecule has 12 heteroatoms. The summed E-state index contributed by atoms with van der Waals surface area (Å²) < 4.78 is 12.6. The van der Waals surface area contributed by atoms with Gasteiger partial charge >= 0.3 is 0 Å². The lowest BCUT2D eigenvalue weighted by Crippen LogP contribution is -2.48. The molecule has 0 saturated carbocycles. The Balaban J connectivity index is 1.28. The van der Waals surface area contributed by atoms with Gasteiger partial charge < -0.3 is 19.9 Å². The fourth-order valence-electron chi connectivity index (χ4n) is 5.15. The first-order valence-corrected chi connectivity index (χ1v) is 13.8. The molecule has 3 aromatic heterocycles. The first-order valence-electron chi connectivity index (χ1n) is 13.8. The maximum Gasteiger partial charge on any atom is 0.293 e. The van der Waals surface area contributed by atoms with Gasteiger partial charge in [0.15, 0.2) is 0 Å². The molecule has 6 rings (SSSR count). The summed E-state index contributed by atoms with van der Waals surface area (Å²) >= 11 is 0. The number of ether oxygens (including phenoxy) is 1. The highest BCUT2D eigenvalue weighted by atomic mass is 16.5. The van der Waals surface area contributed by atoms with Gasteiger partial charge in [-0.2, -0.15) is 10.1 Å². The molecule has 0 unspecified atom stereocenters. The van der Waals surface area contributed by atoms with Crippen LogP contribution in [-0.2, 0) is 23.7 Å². The molecule has 0 spiro atoms. The molecule has 1 atom stereocenters. The van der Waals surface area contributed by atoms with Crippen LogP contribution in [0.1, 0.15) is 66.6 Å². The Labute approximate surface area is 238 Å². The smallest absolute Gasteiger partial charge is 0.293 e. The zero-order chi connectivity index (χ0) is 28.7. The second-order valence-electron chi connectivity index (χ2n) is 11.8. The van der Waals surface area contributed by atoms with E-state index < -0.39 is 0 Å². The average Bonchev–Trinajstić information content (AvgIpc) is 3.48. The fourth-order valence-corrected chi connectivity index (χ4v) is 5.15. The Kier molecular flexibility index (Phi) is 7.04. The van der Waals surface area contributed by atoms with E-state index >= 15 is 0 Å². The van der Waals surface area contributed by atoms with E-state index in [2.05, 4.69) is 47.9 Å². The first kappa shape index (κ1) is 27.0. The van der Waals surface area contributed by atoms with E-state index in [1.807, 2.05) is 53.1 Å². The van der Waals surface area contributed by atoms with Gasteiger partial charge in [0.1, 0.15) is 0 Å². The number of hydrogen-bond donors (Lipinski definition) is 2. The Morgan fingerprint density at radius 2 is 1.98 bits per heavy atom. The molecule has 1 saturated heterocycles. The second-order valence-corrected chi connectivity index (χ2v) is 11.8. The van der Waals surface area contributed by atoms with Crippen LogP contribution >= 0.6 is 0 Å². The van der Waals surface area contributed by atoms with Crippen molar-refractivity contribution in [2.24, 2.45) is 7.05 Å². The molecular weight excluding hydrogens is 522 g/mol. The van der Waals surface area contributed by atoms with E-state index in [4.69, 9.17) is 14.2 Å². The quantitative estimate of drug-likeness (QED) is 0.361. The summed E-state index contributed by atoms with van der Waals surface area (Å²) in [4.78, 5) is 29.2. The van der Waals surface area contributed by atoms with E-state index in [0.29, 0.717) is 17.9 Å². The number of amides is 1. The Bertz CT molecular complexity index is 1570. The van der Waals surface area contributed by atoms with E-state index in [9.17, 15) is 4.79 Å². The summed E-state index contributed by atoms with van der Waals surface area (Å²) in [6.07, 6.45) is 4.41. The maximum absolute atomic E-state index is 13.2. The van der Waals surface area contributed by atoms with Gasteiger partial charge in [-0.05, 0) is 36.6 Å². The van der Waals surface area contributed by atoms with Crippen molar-refractivity contribution < 1.29 is 14.1 Å². The lowest BCUT2D eigenvalue weighted by atomic mass is 9.96. The zero-order valence-electron chi connectivity index (χ0n) is 24.0. The third-order valence-electron chi connectivity index (χ3n) is 7.52. The van der Waals surface area contributed by atoms with Crippen molar-refractivity contribution in [3.8, 4) is 11.3 Å². The number of carbonyl (C=O) groups is 1. The molecule has 5 heterocycles. The molecule has 41 heavy (non-hydrogen) atoms. The van der Waals surface area contributed by atoms with Gasteiger partial charge in [0, 0.05) is 43.5 Å². The van der Waals surface area contributed by atoms with Gasteiger partial charge in [-0.3, -0.25) is 14.4 Å². The molecule has 2 aliphatic rings. The Morgan fingerprint density at radius 3 is 2.66 bits per heavy atom. The van der Waals surface area contributed by atoms with Crippen LogP contribution in [-0.4, -0.2) is 66.5 Å². The minimum Gasteiger partial charge on any atom is -0.378 e. The predicted octanol–water partition coefficient (Wildman–Crippen LogP) is 3.69. The zero-order valence-corrected chi connectivity index (χ0v) is 24.0. The van der Waals surface area contributed by atoms with Gasteiger partial charge in [0.2, 0.25) is 11.8 Å². The summed E-state index contributed by atoms with van der Waals surface area (Å²) in [6.45, 7) is 10.9. The molecular formula is C29H35N9O3. The lowest BCUT2D eigenvalue weighted by molar-refractivity contribution is -0.0678. The highest BCUT2D eigenvalue weighted by Crippen LogP contribution is 2.33. The van der Waals surface area contributed by atoms with Gasteiger partial charge in [-0.15, -0.1) is 0 Å². The highest BCUT2D eigenvalue weighted by Gasteiger charge is 2.32. The van der Waals surface area contributed by atoms with Gasteiger partial charge in [0.25, 0.3) is 11.7 Å². The standard InChI is InChI=1S/C29H35N9O3/c1-17-24(14-37(5)35-17)33-28-30-10-8-22(32-28)18-6-7-21-19(12-18)13-38(20-15-40-16-20)11-9-23(21)31-26(39)25-34-27(41-36-25)29(2,3)4/h6-8,10,12,14,20,23H,9,11,13,15-16H2,1-5H3,(H,31,39)(H,30,32,33)/t23-/m0/s1. The minimum absolute atomic E-state index is 0.0476. The van der Waals surface area contributed by atoms with Gasteiger partial charge in [0.05, 0.1) is 42.4 Å². The molecule has 2 aliphatic heterocycles. The van der Waals surface area contributed by atoms with Gasteiger partial charge in [-0.1, -0.05) is 38.1 Å². The Hall–Kier alpha value is -4.16. The van der Waals surface area contributed by atoms with Crippen molar-refractivity contribution in [2.75, 3.05) is 25.1 Å². The van der Waals surface area contributed by atoms with Gasteiger partial charge in [-0.25, -0.2) is 9.97 Å². The third-order valence-corrected chi connectivity index (χ3v) is 7.52. The fraction of sp³-hybridized carbons (Fsp3) is 0.448. The predicted molar refractivity (Wildman–Crippen MR) is 152 cm³/mol. The minimum atomic E-state index is -0.345. The summed E-state index contributed by atoms with van der Waals surface area (Å²) in [5.74, 6) is 0.636. The molecule has 0 aliphatic carbocycles. The van der Waals surface area contributed by atoms with Crippen LogP contribution in [0.15, 0.2) is 41.2 Å². The number of benzene rings is 1. The summed E-state index contributed by atoms with van der Waals surface area (Å²) in [5, 5.41) is 14.8. The van der Waals surface area contributed by atoms with Crippen molar-refractivity contribution >= 4 is 17.5 Å². The number of rotatable bonds is 6. The largest absolute Gasteiger partial charge is 0.378 e. The third kappa shape index (κ3) is 5.70. The molecule has 12 nitrogen and oxygen atoms in total. The van der Waals surface area contributed by atoms with Crippen LogP contribution in [0.25, 0.3) is 11.3 Å². The number of carbonyl (C=O) groups excluding carboxylic acids is 1. The molecule has 1 amide bonds. The molecule has 1 fully saturated rings. The monoisotopic (exact) mass is 557 g/mol. The number of nitrogens with zero attached hydrogens (tertiary/aromatic N) is 7. The number of aryl methyl sites for hydroxylation is 2. The summed E-state index contributed by atoms with van der Waals surface area (Å²) in [6, 6.07) is 8.37. The van der Waals surface area contributed by atoms with Crippen LogP contribution in [0, 0.1) is 6.92 Å². The lowest BCUT2D eigenvalue weighted by Gasteiger charge is -2.36. The van der Waals surface area contributed by atoms with Crippen LogP contribution in [0.2, 0.25) is 0 Å². The van der Waals surface area contributed by atoms with E-state index in [-0.39, 0.29) is 23.2 Å². The maximum atomic E-state index is 13.2. The highest BCUT2D eigenvalue weighted by molar-refractivity contribution is 5.90. The first-order chi connectivity index (χ1) is 19.6.